The van der Waals surface area contributed by atoms with Crippen LogP contribution < -0.4 is 10.6 Å². The van der Waals surface area contributed by atoms with Crippen molar-refractivity contribution >= 4 is 11.8 Å². The molecule has 0 aliphatic carbocycles. The third-order valence-corrected chi connectivity index (χ3v) is 5.20. The summed E-state index contributed by atoms with van der Waals surface area (Å²) in [6, 6.07) is 1.71. The van der Waals surface area contributed by atoms with Gasteiger partial charge >= 0.3 is 0 Å². The van der Waals surface area contributed by atoms with Crippen molar-refractivity contribution in [2.24, 2.45) is 7.05 Å². The largest absolute Gasteiger partial charge is 0.384 e. The summed E-state index contributed by atoms with van der Waals surface area (Å²) in [7, 11) is 2.07. The lowest BCUT2D eigenvalue weighted by Gasteiger charge is -2.32. The second-order valence-electron chi connectivity index (χ2n) is 6.99. The van der Waals surface area contributed by atoms with Gasteiger partial charge in [-0.3, -0.25) is 4.90 Å². The van der Waals surface area contributed by atoms with Gasteiger partial charge in [-0.25, -0.2) is 4.98 Å². The fourth-order valence-electron chi connectivity index (χ4n) is 3.71. The van der Waals surface area contributed by atoms with Crippen LogP contribution >= 0.6 is 0 Å². The molecule has 1 atom stereocenters. The normalized spacial score (nSPS) is 21.9. The van der Waals surface area contributed by atoms with Crippen molar-refractivity contribution in [1.82, 2.24) is 29.6 Å². The van der Waals surface area contributed by atoms with E-state index in [9.17, 15) is 0 Å². The molecule has 2 saturated heterocycles. The van der Waals surface area contributed by atoms with Crippen LogP contribution in [0.15, 0.2) is 12.3 Å². The topological polar surface area (TPSA) is 98.2 Å². The third kappa shape index (κ3) is 3.63. The van der Waals surface area contributed by atoms with Gasteiger partial charge in [0.05, 0.1) is 19.8 Å². The summed E-state index contributed by atoms with van der Waals surface area (Å²) >= 11 is 0. The van der Waals surface area contributed by atoms with Crippen molar-refractivity contribution in [1.29, 1.82) is 0 Å². The van der Waals surface area contributed by atoms with Crippen molar-refractivity contribution in [2.45, 2.75) is 25.3 Å². The van der Waals surface area contributed by atoms with Gasteiger partial charge < -0.3 is 19.9 Å². The van der Waals surface area contributed by atoms with Gasteiger partial charge in [0.1, 0.15) is 17.5 Å². The van der Waals surface area contributed by atoms with Crippen LogP contribution in [0.25, 0.3) is 0 Å². The predicted molar refractivity (Wildman–Crippen MR) is 97.7 cm³/mol. The maximum Gasteiger partial charge on any atom is 0.227 e. The van der Waals surface area contributed by atoms with E-state index in [1.165, 1.54) is 0 Å². The van der Waals surface area contributed by atoms with Crippen LogP contribution in [-0.2, 0) is 18.3 Å². The maximum atomic E-state index is 5.81. The average Bonchev–Trinajstić information content (AvgIpc) is 3.03. The van der Waals surface area contributed by atoms with Crippen molar-refractivity contribution in [2.75, 3.05) is 50.0 Å². The number of hydrogen-bond donors (Lipinski definition) is 1. The first-order valence-electron chi connectivity index (χ1n) is 9.22. The molecule has 2 aliphatic rings. The number of piperidine rings is 1. The van der Waals surface area contributed by atoms with Crippen LogP contribution in [0.1, 0.15) is 30.4 Å². The summed E-state index contributed by atoms with van der Waals surface area (Å²) in [5, 5.41) is 8.97. The zero-order chi connectivity index (χ0) is 17.9. The lowest BCUT2D eigenvalue weighted by molar-refractivity contribution is 0.0326. The van der Waals surface area contributed by atoms with E-state index in [0.29, 0.717) is 17.7 Å². The smallest absolute Gasteiger partial charge is 0.227 e. The fourth-order valence-corrected chi connectivity index (χ4v) is 3.71. The van der Waals surface area contributed by atoms with Crippen molar-refractivity contribution in [3.8, 4) is 0 Å². The fraction of sp³-hybridized carbons (Fsp3) is 0.647. The molecule has 140 valence electrons. The third-order valence-electron chi connectivity index (χ3n) is 5.20. The summed E-state index contributed by atoms with van der Waals surface area (Å²) in [4.78, 5) is 13.3. The Hall–Kier alpha value is -2.26. The van der Waals surface area contributed by atoms with Crippen molar-refractivity contribution in [3.63, 3.8) is 0 Å². The average molecular weight is 358 g/mol. The summed E-state index contributed by atoms with van der Waals surface area (Å²) in [5.41, 5.74) is 5.81. The SMILES string of the molecule is Cn1c(CN2CCOCC2)nnc1[C@@H]1CCCN(c2nccc(N)n2)C1. The van der Waals surface area contributed by atoms with Gasteiger partial charge in [-0.05, 0) is 18.9 Å². The van der Waals surface area contributed by atoms with E-state index in [1.807, 2.05) is 0 Å². The highest BCUT2D eigenvalue weighted by molar-refractivity contribution is 5.38. The lowest BCUT2D eigenvalue weighted by atomic mass is 9.97. The first kappa shape index (κ1) is 17.2. The van der Waals surface area contributed by atoms with E-state index >= 15 is 0 Å². The molecule has 2 aromatic heterocycles. The minimum atomic E-state index is 0.324. The highest BCUT2D eigenvalue weighted by atomic mass is 16.5. The number of nitrogens with zero attached hydrogens (tertiary/aromatic N) is 7. The molecule has 4 rings (SSSR count). The molecular formula is C17H26N8O. The molecule has 2 aromatic rings. The van der Waals surface area contributed by atoms with Crippen LogP contribution in [0.2, 0.25) is 0 Å². The van der Waals surface area contributed by atoms with Crippen LogP contribution in [0, 0.1) is 0 Å². The van der Waals surface area contributed by atoms with Crippen molar-refractivity contribution < 1.29 is 4.74 Å². The number of anilines is 2. The Morgan fingerprint density at radius 1 is 1.23 bits per heavy atom. The Labute approximate surface area is 153 Å². The minimum absolute atomic E-state index is 0.324. The zero-order valence-corrected chi connectivity index (χ0v) is 15.2. The summed E-state index contributed by atoms with van der Waals surface area (Å²) in [6.07, 6.45) is 3.89. The molecule has 0 spiro atoms. The molecule has 0 bridgehead atoms. The molecule has 0 unspecified atom stereocenters. The molecule has 2 aliphatic heterocycles. The Morgan fingerprint density at radius 2 is 2.08 bits per heavy atom. The number of rotatable bonds is 4. The molecule has 4 heterocycles. The summed E-state index contributed by atoms with van der Waals surface area (Å²) in [5.74, 6) is 3.58. The van der Waals surface area contributed by atoms with Crippen LogP contribution in [-0.4, -0.2) is 69.0 Å². The summed E-state index contributed by atoms with van der Waals surface area (Å²) in [6.45, 7) is 6.09. The predicted octanol–water partition coefficient (Wildman–Crippen LogP) is 0.404. The molecule has 9 heteroatoms. The van der Waals surface area contributed by atoms with E-state index in [0.717, 1.165) is 70.4 Å². The van der Waals surface area contributed by atoms with E-state index < -0.39 is 0 Å². The maximum absolute atomic E-state index is 5.81. The van der Waals surface area contributed by atoms with Gasteiger partial charge in [0.15, 0.2) is 0 Å². The van der Waals surface area contributed by atoms with Gasteiger partial charge in [0, 0.05) is 45.3 Å². The monoisotopic (exact) mass is 358 g/mol. The van der Waals surface area contributed by atoms with Gasteiger partial charge in [0.25, 0.3) is 0 Å². The van der Waals surface area contributed by atoms with Crippen LogP contribution in [0.5, 0.6) is 0 Å². The molecule has 26 heavy (non-hydrogen) atoms. The highest BCUT2D eigenvalue weighted by Gasteiger charge is 2.27. The highest BCUT2D eigenvalue weighted by Crippen LogP contribution is 2.28. The molecule has 0 amide bonds. The molecule has 2 fully saturated rings. The van der Waals surface area contributed by atoms with E-state index in [2.05, 4.69) is 41.6 Å². The van der Waals surface area contributed by atoms with Gasteiger partial charge in [-0.2, -0.15) is 4.98 Å². The first-order chi connectivity index (χ1) is 12.7. The minimum Gasteiger partial charge on any atom is -0.384 e. The number of hydrogen-bond acceptors (Lipinski definition) is 8. The lowest BCUT2D eigenvalue weighted by Crippen LogP contribution is -2.37. The quantitative estimate of drug-likeness (QED) is 0.839. The number of morpholine rings is 1. The Kier molecular flexibility index (Phi) is 4.98. The first-order valence-corrected chi connectivity index (χ1v) is 9.22. The van der Waals surface area contributed by atoms with Crippen LogP contribution in [0.4, 0.5) is 11.8 Å². The molecule has 0 radical (unpaired) electrons. The second kappa shape index (κ2) is 7.55. The molecule has 0 saturated carbocycles. The number of ether oxygens (including phenoxy) is 1. The van der Waals surface area contributed by atoms with E-state index in [-0.39, 0.29) is 0 Å². The molecular weight excluding hydrogens is 332 g/mol. The second-order valence-corrected chi connectivity index (χ2v) is 6.99. The number of nitrogens with two attached hydrogens (primary N) is 1. The van der Waals surface area contributed by atoms with E-state index in [1.54, 1.807) is 12.3 Å². The number of nitrogen functional groups attached to an aromatic ring is 1. The molecule has 2 N–H and O–H groups in total. The Bertz CT molecular complexity index is 742. The zero-order valence-electron chi connectivity index (χ0n) is 15.2. The van der Waals surface area contributed by atoms with Crippen molar-refractivity contribution in [3.05, 3.63) is 23.9 Å². The standard InChI is InChI=1S/C17H26N8O/c1-23-15(12-24-7-9-26-10-8-24)21-22-16(23)13-3-2-6-25(11-13)17-19-5-4-14(18)20-17/h4-5,13H,2-3,6-12H2,1H3,(H2,18,19,20)/t13-/m1/s1. The summed E-state index contributed by atoms with van der Waals surface area (Å²) < 4.78 is 7.58. The molecule has 9 nitrogen and oxygen atoms in total. The van der Waals surface area contributed by atoms with Gasteiger partial charge in [0.2, 0.25) is 5.95 Å². The Morgan fingerprint density at radius 3 is 2.88 bits per heavy atom. The number of aromatic nitrogens is 5. The van der Waals surface area contributed by atoms with Crippen LogP contribution in [0.3, 0.4) is 0 Å². The van der Waals surface area contributed by atoms with E-state index in [4.69, 9.17) is 10.5 Å². The molecule has 0 aromatic carbocycles. The van der Waals surface area contributed by atoms with Gasteiger partial charge in [-0.15, -0.1) is 10.2 Å². The Balaban J connectivity index is 1.46. The van der Waals surface area contributed by atoms with Gasteiger partial charge in [-0.1, -0.05) is 0 Å².